The summed E-state index contributed by atoms with van der Waals surface area (Å²) in [5.41, 5.74) is 12.6. The number of fused-ring (bicyclic) bond motifs is 10. The number of hydrogen-bond acceptors (Lipinski definition) is 1. The summed E-state index contributed by atoms with van der Waals surface area (Å²) >= 11 is 0. The number of aromatic nitrogens is 3. The van der Waals surface area contributed by atoms with E-state index in [0.29, 0.717) is 5.92 Å². The molecule has 1 atom stereocenters. The van der Waals surface area contributed by atoms with Crippen LogP contribution in [0.2, 0.25) is 0 Å². The molecule has 0 saturated heterocycles. The molecule has 7 aromatic carbocycles. The number of allylic oxidation sites excluding steroid dienone is 8. The van der Waals surface area contributed by atoms with Gasteiger partial charge in [-0.05, 0) is 69.9 Å². The second kappa shape index (κ2) is 12.1. The SMILES string of the molecule is C1=CC2=C(n3c4ccccc4c4c3ccc3c5ccccc5n(-c5cc(-c6cccc7ccccc67)nc(-c6cccc7ccccc67)c5)c34)C=CCC2C=C1. The van der Waals surface area contributed by atoms with Crippen LogP contribution in [0.5, 0.6) is 0 Å². The number of benzene rings is 7. The highest BCUT2D eigenvalue weighted by molar-refractivity contribution is 6.26. The molecule has 0 radical (unpaired) electrons. The number of nitrogens with zero attached hydrogens (tertiary/aromatic N) is 3. The van der Waals surface area contributed by atoms with Crippen LogP contribution in [0.4, 0.5) is 0 Å². The Bertz CT molecular complexity index is 3290. The van der Waals surface area contributed by atoms with E-state index in [1.807, 2.05) is 0 Å². The smallest absolute Gasteiger partial charge is 0.0736 e. The van der Waals surface area contributed by atoms with Gasteiger partial charge in [-0.15, -0.1) is 0 Å². The molecule has 262 valence electrons. The highest BCUT2D eigenvalue weighted by Crippen LogP contribution is 2.45. The van der Waals surface area contributed by atoms with Crippen LogP contribution in [0, 0.1) is 5.92 Å². The van der Waals surface area contributed by atoms with Crippen molar-refractivity contribution >= 4 is 70.9 Å². The largest absolute Gasteiger partial charge is 0.309 e. The lowest BCUT2D eigenvalue weighted by atomic mass is 9.86. The molecule has 10 aromatic rings. The molecular formula is C53H35N3. The maximum atomic E-state index is 5.52. The molecule has 3 nitrogen and oxygen atoms in total. The molecule has 2 aliphatic rings. The van der Waals surface area contributed by atoms with Crippen molar-refractivity contribution in [1.82, 2.24) is 14.1 Å². The zero-order chi connectivity index (χ0) is 36.7. The molecule has 0 bridgehead atoms. The lowest BCUT2D eigenvalue weighted by Gasteiger charge is -2.24. The van der Waals surface area contributed by atoms with Gasteiger partial charge in [0.15, 0.2) is 0 Å². The monoisotopic (exact) mass is 713 g/mol. The molecule has 0 amide bonds. The molecule has 2 aliphatic carbocycles. The summed E-state index contributed by atoms with van der Waals surface area (Å²) in [6, 6.07) is 57.5. The third-order valence-corrected chi connectivity index (χ3v) is 12.0. The fourth-order valence-corrected chi connectivity index (χ4v) is 9.55. The standard InChI is InChI=1S/C53H35N3/c1-4-20-38-34(14-1)17-11-25-41(38)46-32-37(33-47(54-46)42-26-12-18-35-15-2-5-21-39(35)42)55-49-27-9-7-23-43(49)44-30-31-51-52(53(44)55)45-24-8-10-28-50(45)56(51)48-29-13-19-36-16-3-6-22-40(36)48/h1-18,20-33,36H,19H2. The zero-order valence-corrected chi connectivity index (χ0v) is 30.6. The minimum atomic E-state index is 0.378. The van der Waals surface area contributed by atoms with E-state index >= 15 is 0 Å². The topological polar surface area (TPSA) is 22.8 Å². The second-order valence-corrected chi connectivity index (χ2v) is 15.0. The molecule has 0 N–H and O–H groups in total. The molecule has 3 heterocycles. The van der Waals surface area contributed by atoms with Crippen LogP contribution in [0.3, 0.4) is 0 Å². The first-order chi connectivity index (χ1) is 27.8. The van der Waals surface area contributed by atoms with Gasteiger partial charge in [-0.3, -0.25) is 0 Å². The first kappa shape index (κ1) is 31.2. The summed E-state index contributed by atoms with van der Waals surface area (Å²) in [7, 11) is 0. The molecule has 3 heteroatoms. The Morgan fingerprint density at radius 2 is 1.09 bits per heavy atom. The normalized spacial score (nSPS) is 15.3. The Morgan fingerprint density at radius 1 is 0.482 bits per heavy atom. The molecule has 1 unspecified atom stereocenters. The van der Waals surface area contributed by atoms with E-state index in [0.717, 1.165) is 34.6 Å². The molecule has 0 aliphatic heterocycles. The van der Waals surface area contributed by atoms with Crippen molar-refractivity contribution in [3.8, 4) is 28.2 Å². The van der Waals surface area contributed by atoms with Crippen LogP contribution in [-0.2, 0) is 0 Å². The summed E-state index contributed by atoms with van der Waals surface area (Å²) in [6.07, 6.45) is 14.7. The molecule has 12 rings (SSSR count). The minimum absolute atomic E-state index is 0.378. The van der Waals surface area contributed by atoms with Crippen molar-refractivity contribution in [2.24, 2.45) is 5.92 Å². The van der Waals surface area contributed by atoms with E-state index < -0.39 is 0 Å². The van der Waals surface area contributed by atoms with Crippen LogP contribution in [-0.4, -0.2) is 14.1 Å². The van der Waals surface area contributed by atoms with Gasteiger partial charge in [0, 0.05) is 44.3 Å². The maximum Gasteiger partial charge on any atom is 0.0736 e. The number of para-hydroxylation sites is 2. The van der Waals surface area contributed by atoms with E-state index in [-0.39, 0.29) is 0 Å². The van der Waals surface area contributed by atoms with Crippen molar-refractivity contribution in [2.45, 2.75) is 6.42 Å². The van der Waals surface area contributed by atoms with Crippen molar-refractivity contribution in [3.05, 3.63) is 200 Å². The third kappa shape index (κ3) is 4.55. The highest BCUT2D eigenvalue weighted by atomic mass is 15.0. The molecule has 0 fully saturated rings. The summed E-state index contributed by atoms with van der Waals surface area (Å²) in [6.45, 7) is 0. The number of rotatable bonds is 4. The first-order valence-electron chi connectivity index (χ1n) is 19.5. The van der Waals surface area contributed by atoms with Crippen molar-refractivity contribution in [3.63, 3.8) is 0 Å². The van der Waals surface area contributed by atoms with Crippen LogP contribution < -0.4 is 0 Å². The van der Waals surface area contributed by atoms with E-state index in [2.05, 4.69) is 203 Å². The van der Waals surface area contributed by atoms with E-state index in [1.54, 1.807) is 0 Å². The Labute approximate surface area is 324 Å². The molecule has 3 aromatic heterocycles. The highest BCUT2D eigenvalue weighted by Gasteiger charge is 2.25. The Balaban J connectivity index is 1.23. The zero-order valence-electron chi connectivity index (χ0n) is 30.6. The fraction of sp³-hybridized carbons (Fsp3) is 0.0377. The fourth-order valence-electron chi connectivity index (χ4n) is 9.55. The van der Waals surface area contributed by atoms with Crippen LogP contribution in [0.25, 0.3) is 99.1 Å². The van der Waals surface area contributed by atoms with Gasteiger partial charge in [-0.1, -0.05) is 158 Å². The van der Waals surface area contributed by atoms with Gasteiger partial charge in [0.1, 0.15) is 0 Å². The van der Waals surface area contributed by atoms with Crippen LogP contribution in [0.15, 0.2) is 200 Å². The van der Waals surface area contributed by atoms with Gasteiger partial charge in [-0.25, -0.2) is 4.98 Å². The van der Waals surface area contributed by atoms with E-state index in [1.165, 1.54) is 76.4 Å². The average Bonchev–Trinajstić information content (AvgIpc) is 3.78. The van der Waals surface area contributed by atoms with Gasteiger partial charge in [0.05, 0.1) is 39.1 Å². The molecule has 0 spiro atoms. The van der Waals surface area contributed by atoms with Crippen molar-refractivity contribution in [1.29, 1.82) is 0 Å². The van der Waals surface area contributed by atoms with Crippen molar-refractivity contribution in [2.75, 3.05) is 0 Å². The predicted octanol–water partition coefficient (Wildman–Crippen LogP) is 13.8. The molecular weight excluding hydrogens is 679 g/mol. The van der Waals surface area contributed by atoms with Gasteiger partial charge in [-0.2, -0.15) is 0 Å². The van der Waals surface area contributed by atoms with E-state index in [4.69, 9.17) is 4.98 Å². The van der Waals surface area contributed by atoms with E-state index in [9.17, 15) is 0 Å². The van der Waals surface area contributed by atoms with Crippen molar-refractivity contribution < 1.29 is 0 Å². The summed E-state index contributed by atoms with van der Waals surface area (Å²) in [4.78, 5) is 5.52. The second-order valence-electron chi connectivity index (χ2n) is 15.0. The van der Waals surface area contributed by atoms with Gasteiger partial charge < -0.3 is 9.13 Å². The van der Waals surface area contributed by atoms with Crippen LogP contribution >= 0.6 is 0 Å². The minimum Gasteiger partial charge on any atom is -0.309 e. The summed E-state index contributed by atoms with van der Waals surface area (Å²) in [5.74, 6) is 0.378. The average molecular weight is 714 g/mol. The summed E-state index contributed by atoms with van der Waals surface area (Å²) < 4.78 is 5.01. The Morgan fingerprint density at radius 3 is 1.80 bits per heavy atom. The van der Waals surface area contributed by atoms with Gasteiger partial charge >= 0.3 is 0 Å². The van der Waals surface area contributed by atoms with Gasteiger partial charge in [0.2, 0.25) is 0 Å². The number of pyridine rings is 1. The molecule has 0 saturated carbocycles. The Hall–Kier alpha value is -7.23. The first-order valence-corrected chi connectivity index (χ1v) is 19.5. The van der Waals surface area contributed by atoms with Gasteiger partial charge in [0.25, 0.3) is 0 Å². The lowest BCUT2D eigenvalue weighted by molar-refractivity contribution is 0.776. The third-order valence-electron chi connectivity index (χ3n) is 12.0. The Kier molecular flexibility index (Phi) is 6.75. The predicted molar refractivity (Wildman–Crippen MR) is 236 cm³/mol. The lowest BCUT2D eigenvalue weighted by Crippen LogP contribution is -2.10. The molecule has 56 heavy (non-hydrogen) atoms. The maximum absolute atomic E-state index is 5.52. The summed E-state index contributed by atoms with van der Waals surface area (Å²) in [5, 5.41) is 9.75. The number of hydrogen-bond donors (Lipinski definition) is 0. The quantitative estimate of drug-likeness (QED) is 0.178. The van der Waals surface area contributed by atoms with Crippen LogP contribution in [0.1, 0.15) is 6.42 Å².